The van der Waals surface area contributed by atoms with E-state index in [4.69, 9.17) is 0 Å². The molecule has 0 radical (unpaired) electrons. The standard InChI is InChI=1S/C20H30F2N6.HI/c1-3-23-20(26-16-7-11-27(12-8-16)14-18(21)22)24-9-6-17-13-28-10-4-5-15(2)19(28)25-17;/h4-5,10,13,16,18H,3,6-9,11-12,14H2,1-2H3,(H2,23,24,26);1H. The van der Waals surface area contributed by atoms with E-state index in [1.165, 1.54) is 0 Å². The van der Waals surface area contributed by atoms with E-state index in [2.05, 4.69) is 39.8 Å². The quantitative estimate of drug-likeness (QED) is 0.335. The van der Waals surface area contributed by atoms with Crippen molar-refractivity contribution in [3.8, 4) is 0 Å². The number of alkyl halides is 2. The van der Waals surface area contributed by atoms with Gasteiger partial charge >= 0.3 is 0 Å². The Morgan fingerprint density at radius 2 is 2.10 bits per heavy atom. The van der Waals surface area contributed by atoms with Crippen LogP contribution in [0, 0.1) is 6.92 Å². The highest BCUT2D eigenvalue weighted by molar-refractivity contribution is 14.0. The van der Waals surface area contributed by atoms with Crippen molar-refractivity contribution in [2.24, 2.45) is 4.99 Å². The third kappa shape index (κ3) is 7.06. The summed E-state index contributed by atoms with van der Waals surface area (Å²) in [6.07, 6.45) is 4.27. The van der Waals surface area contributed by atoms with Crippen LogP contribution in [-0.2, 0) is 6.42 Å². The summed E-state index contributed by atoms with van der Waals surface area (Å²) in [4.78, 5) is 11.2. The van der Waals surface area contributed by atoms with Crippen LogP contribution in [0.1, 0.15) is 31.0 Å². The minimum absolute atomic E-state index is 0. The van der Waals surface area contributed by atoms with E-state index in [-0.39, 0.29) is 36.6 Å². The van der Waals surface area contributed by atoms with Crippen molar-refractivity contribution in [2.75, 3.05) is 32.7 Å². The Kier molecular flexibility index (Phi) is 9.54. The van der Waals surface area contributed by atoms with Crippen molar-refractivity contribution in [1.82, 2.24) is 24.9 Å². The number of hydrogen-bond acceptors (Lipinski definition) is 3. The van der Waals surface area contributed by atoms with Crippen LogP contribution in [-0.4, -0.2) is 65.4 Å². The SMILES string of the molecule is CCNC(=NCCc1cn2cccc(C)c2n1)NC1CCN(CC(F)F)CC1.I. The summed E-state index contributed by atoms with van der Waals surface area (Å²) in [6.45, 7) is 6.78. The first-order chi connectivity index (χ1) is 13.5. The van der Waals surface area contributed by atoms with E-state index in [0.29, 0.717) is 19.6 Å². The predicted molar refractivity (Wildman–Crippen MR) is 124 cm³/mol. The van der Waals surface area contributed by atoms with Crippen molar-refractivity contribution >= 4 is 35.6 Å². The number of fused-ring (bicyclic) bond motifs is 1. The van der Waals surface area contributed by atoms with Gasteiger partial charge in [-0.2, -0.15) is 0 Å². The average molecular weight is 520 g/mol. The van der Waals surface area contributed by atoms with Crippen molar-refractivity contribution in [2.45, 2.75) is 45.6 Å². The van der Waals surface area contributed by atoms with Crippen LogP contribution in [0.15, 0.2) is 29.5 Å². The molecule has 162 valence electrons. The molecule has 0 atom stereocenters. The molecule has 2 N–H and O–H groups in total. The number of halogens is 3. The van der Waals surface area contributed by atoms with E-state index in [9.17, 15) is 8.78 Å². The highest BCUT2D eigenvalue weighted by atomic mass is 127. The number of aromatic nitrogens is 2. The van der Waals surface area contributed by atoms with Crippen molar-refractivity contribution in [1.29, 1.82) is 0 Å². The molecule has 3 heterocycles. The molecule has 2 aromatic heterocycles. The Morgan fingerprint density at radius 3 is 2.76 bits per heavy atom. The summed E-state index contributed by atoms with van der Waals surface area (Å²) in [7, 11) is 0. The summed E-state index contributed by atoms with van der Waals surface area (Å²) in [5, 5.41) is 6.73. The third-order valence-corrected chi connectivity index (χ3v) is 5.03. The lowest BCUT2D eigenvalue weighted by atomic mass is 10.1. The summed E-state index contributed by atoms with van der Waals surface area (Å²) in [6, 6.07) is 4.35. The first-order valence-electron chi connectivity index (χ1n) is 10.0. The molecule has 0 unspecified atom stereocenters. The number of aliphatic imine (C=N–C) groups is 1. The molecule has 0 bridgehead atoms. The number of hydrogen-bond donors (Lipinski definition) is 2. The van der Waals surface area contributed by atoms with Crippen molar-refractivity contribution in [3.05, 3.63) is 35.8 Å². The number of imidazole rings is 1. The second kappa shape index (κ2) is 11.6. The zero-order valence-corrected chi connectivity index (χ0v) is 19.4. The molecule has 2 aromatic rings. The largest absolute Gasteiger partial charge is 0.357 e. The molecule has 1 aliphatic rings. The minimum Gasteiger partial charge on any atom is -0.357 e. The molecule has 0 aliphatic carbocycles. The number of rotatable bonds is 7. The number of nitrogens with one attached hydrogen (secondary N) is 2. The van der Waals surface area contributed by atoms with E-state index < -0.39 is 6.43 Å². The Labute approximate surface area is 188 Å². The van der Waals surface area contributed by atoms with Crippen LogP contribution in [0.25, 0.3) is 5.65 Å². The first kappa shape index (κ1) is 23.8. The number of guanidine groups is 1. The molecular weight excluding hydrogens is 489 g/mol. The van der Waals surface area contributed by atoms with Crippen molar-refractivity contribution in [3.63, 3.8) is 0 Å². The fourth-order valence-electron chi connectivity index (χ4n) is 3.58. The molecule has 9 heteroatoms. The topological polar surface area (TPSA) is 57.0 Å². The highest BCUT2D eigenvalue weighted by Crippen LogP contribution is 2.12. The minimum atomic E-state index is -2.26. The molecular formula is C20H31F2IN6. The maximum absolute atomic E-state index is 12.5. The van der Waals surface area contributed by atoms with Gasteiger partial charge in [0, 0.05) is 51.0 Å². The molecule has 1 fully saturated rings. The second-order valence-electron chi connectivity index (χ2n) is 7.28. The summed E-state index contributed by atoms with van der Waals surface area (Å²) < 4.78 is 27.1. The Bertz CT molecular complexity index is 786. The lowest BCUT2D eigenvalue weighted by Gasteiger charge is -2.32. The van der Waals surface area contributed by atoms with E-state index >= 15 is 0 Å². The molecule has 3 rings (SSSR count). The van der Waals surface area contributed by atoms with Gasteiger partial charge < -0.3 is 15.0 Å². The molecule has 1 aliphatic heterocycles. The van der Waals surface area contributed by atoms with E-state index in [0.717, 1.165) is 48.7 Å². The van der Waals surface area contributed by atoms with E-state index in [1.54, 1.807) is 0 Å². The van der Waals surface area contributed by atoms with Gasteiger partial charge in [0.25, 0.3) is 6.43 Å². The van der Waals surface area contributed by atoms with Crippen LogP contribution < -0.4 is 10.6 Å². The molecule has 0 aromatic carbocycles. The summed E-state index contributed by atoms with van der Waals surface area (Å²) in [5.74, 6) is 0.787. The summed E-state index contributed by atoms with van der Waals surface area (Å²) in [5.41, 5.74) is 3.17. The van der Waals surface area contributed by atoms with Gasteiger partial charge in [0.15, 0.2) is 5.96 Å². The third-order valence-electron chi connectivity index (χ3n) is 5.03. The van der Waals surface area contributed by atoms with Crippen LogP contribution in [0.2, 0.25) is 0 Å². The molecule has 29 heavy (non-hydrogen) atoms. The molecule has 0 amide bonds. The Morgan fingerprint density at radius 1 is 1.34 bits per heavy atom. The average Bonchev–Trinajstić information content (AvgIpc) is 3.07. The van der Waals surface area contributed by atoms with Gasteiger partial charge in [-0.3, -0.25) is 9.89 Å². The monoisotopic (exact) mass is 520 g/mol. The van der Waals surface area contributed by atoms with Crippen LogP contribution >= 0.6 is 24.0 Å². The molecule has 6 nitrogen and oxygen atoms in total. The highest BCUT2D eigenvalue weighted by Gasteiger charge is 2.21. The van der Waals surface area contributed by atoms with Gasteiger partial charge in [0.05, 0.1) is 12.2 Å². The fraction of sp³-hybridized carbons (Fsp3) is 0.600. The number of piperidine rings is 1. The maximum atomic E-state index is 12.5. The Hall–Kier alpha value is -1.49. The maximum Gasteiger partial charge on any atom is 0.251 e. The van der Waals surface area contributed by atoms with Crippen LogP contribution in [0.3, 0.4) is 0 Å². The van der Waals surface area contributed by atoms with Crippen LogP contribution in [0.5, 0.6) is 0 Å². The van der Waals surface area contributed by atoms with Gasteiger partial charge in [-0.05, 0) is 38.3 Å². The zero-order valence-electron chi connectivity index (χ0n) is 17.1. The zero-order chi connectivity index (χ0) is 19.9. The number of aryl methyl sites for hydroxylation is 1. The molecule has 0 saturated carbocycles. The number of pyridine rings is 1. The molecule has 0 spiro atoms. The van der Waals surface area contributed by atoms with Crippen molar-refractivity contribution < 1.29 is 8.78 Å². The number of likely N-dealkylation sites (tertiary alicyclic amines) is 1. The first-order valence-corrected chi connectivity index (χ1v) is 10.0. The van der Waals surface area contributed by atoms with Gasteiger partial charge in [0.1, 0.15) is 5.65 Å². The smallest absolute Gasteiger partial charge is 0.251 e. The summed E-state index contributed by atoms with van der Waals surface area (Å²) >= 11 is 0. The van der Waals surface area contributed by atoms with Gasteiger partial charge in [-0.15, -0.1) is 24.0 Å². The van der Waals surface area contributed by atoms with Gasteiger partial charge in [-0.1, -0.05) is 6.07 Å². The van der Waals surface area contributed by atoms with Gasteiger partial charge in [-0.25, -0.2) is 13.8 Å². The normalized spacial score (nSPS) is 16.2. The fourth-order valence-corrected chi connectivity index (χ4v) is 3.58. The lowest BCUT2D eigenvalue weighted by Crippen LogP contribution is -2.49. The predicted octanol–water partition coefficient (Wildman–Crippen LogP) is 3.09. The molecule has 1 saturated heterocycles. The second-order valence-corrected chi connectivity index (χ2v) is 7.28. The van der Waals surface area contributed by atoms with Crippen LogP contribution in [0.4, 0.5) is 8.78 Å². The lowest BCUT2D eigenvalue weighted by molar-refractivity contribution is 0.0744. The van der Waals surface area contributed by atoms with E-state index in [1.807, 2.05) is 28.5 Å². The van der Waals surface area contributed by atoms with Gasteiger partial charge in [0.2, 0.25) is 0 Å². The Balaban J connectivity index is 0.00000300. The number of nitrogens with zero attached hydrogens (tertiary/aromatic N) is 4.